The molecule has 160 valence electrons. The van der Waals surface area contributed by atoms with Gasteiger partial charge in [-0.2, -0.15) is 0 Å². The van der Waals surface area contributed by atoms with Gasteiger partial charge < -0.3 is 15.8 Å². The monoisotopic (exact) mass is 436 g/mol. The Hall–Kier alpha value is -3.28. The molecular formula is C18H21FN6O4S. The van der Waals surface area contributed by atoms with Gasteiger partial charge in [0, 0.05) is 18.3 Å². The van der Waals surface area contributed by atoms with E-state index >= 15 is 0 Å². The minimum atomic E-state index is -3.78. The minimum Gasteiger partial charge on any atom is -0.477 e. The number of rotatable bonds is 5. The highest BCUT2D eigenvalue weighted by Gasteiger charge is 2.41. The number of carbonyl (C=O) groups is 1. The number of amides is 1. The van der Waals surface area contributed by atoms with Gasteiger partial charge in [0.2, 0.25) is 21.9 Å². The average Bonchev–Trinajstić information content (AvgIpc) is 2.68. The molecule has 0 fully saturated rings. The van der Waals surface area contributed by atoms with Crippen LogP contribution in [0, 0.1) is 5.82 Å². The molecule has 1 aromatic heterocycles. The first-order valence-electron chi connectivity index (χ1n) is 8.94. The predicted octanol–water partition coefficient (Wildman–Crippen LogP) is 1.07. The number of aromatic nitrogens is 2. The second-order valence-corrected chi connectivity index (χ2v) is 8.79. The van der Waals surface area contributed by atoms with Crippen molar-refractivity contribution in [3.8, 4) is 5.88 Å². The van der Waals surface area contributed by atoms with Crippen LogP contribution in [-0.2, 0) is 15.6 Å². The van der Waals surface area contributed by atoms with Gasteiger partial charge >= 0.3 is 0 Å². The molecule has 0 aliphatic carbocycles. The van der Waals surface area contributed by atoms with Gasteiger partial charge in [-0.25, -0.2) is 32.1 Å². The Balaban J connectivity index is 1.89. The summed E-state index contributed by atoms with van der Waals surface area (Å²) < 4.78 is 45.3. The summed E-state index contributed by atoms with van der Waals surface area (Å²) in [7, 11) is -2.50. The molecule has 1 aliphatic heterocycles. The zero-order valence-electron chi connectivity index (χ0n) is 16.6. The van der Waals surface area contributed by atoms with Crippen molar-refractivity contribution >= 4 is 27.6 Å². The fourth-order valence-corrected chi connectivity index (χ4v) is 4.40. The van der Waals surface area contributed by atoms with E-state index in [9.17, 15) is 17.6 Å². The van der Waals surface area contributed by atoms with E-state index in [1.54, 1.807) is 6.92 Å². The van der Waals surface area contributed by atoms with Crippen molar-refractivity contribution in [3.05, 3.63) is 47.7 Å². The maximum atomic E-state index is 14.6. The van der Waals surface area contributed by atoms with Crippen LogP contribution in [-0.4, -0.2) is 54.0 Å². The first-order chi connectivity index (χ1) is 14.1. The van der Waals surface area contributed by atoms with Gasteiger partial charge in [0.15, 0.2) is 0 Å². The maximum absolute atomic E-state index is 14.6. The fraction of sp³-hybridized carbons (Fsp3) is 0.333. The molecule has 3 N–H and O–H groups in total. The Morgan fingerprint density at radius 3 is 2.70 bits per heavy atom. The number of hydrogen-bond acceptors (Lipinski definition) is 8. The van der Waals surface area contributed by atoms with E-state index in [1.807, 2.05) is 0 Å². The Morgan fingerprint density at radius 1 is 1.37 bits per heavy atom. The third-order valence-corrected chi connectivity index (χ3v) is 6.47. The van der Waals surface area contributed by atoms with Crippen LogP contribution >= 0.6 is 0 Å². The van der Waals surface area contributed by atoms with Gasteiger partial charge in [-0.15, -0.1) is 0 Å². The number of nitrogens with one attached hydrogen (secondary N) is 1. The van der Waals surface area contributed by atoms with Crippen molar-refractivity contribution in [2.45, 2.75) is 19.4 Å². The van der Waals surface area contributed by atoms with Gasteiger partial charge in [0.1, 0.15) is 17.1 Å². The molecule has 3 rings (SSSR count). The highest BCUT2D eigenvalue weighted by Crippen LogP contribution is 2.34. The first-order valence-corrected chi connectivity index (χ1v) is 10.5. The van der Waals surface area contributed by atoms with E-state index in [2.05, 4.69) is 20.3 Å². The van der Waals surface area contributed by atoms with Crippen LogP contribution in [0.4, 0.5) is 10.1 Å². The summed E-state index contributed by atoms with van der Waals surface area (Å²) in [5.74, 6) is -1.69. The Labute approximate surface area is 173 Å². The van der Waals surface area contributed by atoms with E-state index in [1.165, 1.54) is 38.5 Å². The molecule has 2 heterocycles. The minimum absolute atomic E-state index is 0.0160. The molecule has 10 nitrogen and oxygen atoms in total. The van der Waals surface area contributed by atoms with Gasteiger partial charge in [0.25, 0.3) is 5.91 Å². The van der Waals surface area contributed by atoms with Crippen LogP contribution in [0.2, 0.25) is 0 Å². The summed E-state index contributed by atoms with van der Waals surface area (Å²) in [6, 6.07) is 3.79. The van der Waals surface area contributed by atoms with Crippen molar-refractivity contribution < 1.29 is 22.3 Å². The molecule has 0 spiro atoms. The smallest absolute Gasteiger partial charge is 0.275 e. The highest BCUT2D eigenvalue weighted by atomic mass is 32.2. The number of anilines is 1. The van der Waals surface area contributed by atoms with Crippen LogP contribution in [0.15, 0.2) is 35.6 Å². The number of nitrogens with two attached hydrogens (primary N) is 1. The molecule has 0 saturated heterocycles. The normalized spacial score (nSPS) is 20.4. The van der Waals surface area contributed by atoms with Gasteiger partial charge in [0.05, 0.1) is 24.8 Å². The molecule has 2 aromatic rings. The lowest BCUT2D eigenvalue weighted by molar-refractivity contribution is 0.102. The maximum Gasteiger partial charge on any atom is 0.275 e. The molecule has 0 bridgehead atoms. The average molecular weight is 436 g/mol. The standard InChI is InChI=1S/C18H21FN6O4S/c1-4-29-15-9-21-14(8-22-15)16(26)23-11-5-6-13(19)12(7-11)18(2)10-30(27,28)25(3)17(20)24-18/h5-9H,4,10H2,1-3H3,(H2,20,24)(H,23,26)/t18-/m0/s1. The molecular weight excluding hydrogens is 415 g/mol. The summed E-state index contributed by atoms with van der Waals surface area (Å²) >= 11 is 0. The van der Waals surface area contributed by atoms with Crippen LogP contribution in [0.5, 0.6) is 5.88 Å². The Bertz CT molecular complexity index is 1110. The molecule has 0 saturated carbocycles. The van der Waals surface area contributed by atoms with E-state index in [0.717, 1.165) is 10.4 Å². The van der Waals surface area contributed by atoms with Crippen LogP contribution in [0.25, 0.3) is 0 Å². The van der Waals surface area contributed by atoms with Crippen LogP contribution in [0.3, 0.4) is 0 Å². The molecule has 0 radical (unpaired) electrons. The summed E-state index contributed by atoms with van der Waals surface area (Å²) in [5.41, 5.74) is 4.51. The highest BCUT2D eigenvalue weighted by molar-refractivity contribution is 7.89. The van der Waals surface area contributed by atoms with Crippen molar-refractivity contribution in [1.29, 1.82) is 0 Å². The molecule has 1 aliphatic rings. The number of ether oxygens (including phenoxy) is 1. The zero-order valence-corrected chi connectivity index (χ0v) is 17.4. The first kappa shape index (κ1) is 21.4. The fourth-order valence-electron chi connectivity index (χ4n) is 2.95. The van der Waals surface area contributed by atoms with E-state index in [0.29, 0.717) is 6.61 Å². The van der Waals surface area contributed by atoms with Crippen molar-refractivity contribution in [3.63, 3.8) is 0 Å². The third-order valence-electron chi connectivity index (χ3n) is 4.52. The molecule has 1 atom stereocenters. The molecule has 12 heteroatoms. The number of aliphatic imine (C=N–C) groups is 1. The van der Waals surface area contributed by atoms with E-state index < -0.39 is 33.0 Å². The van der Waals surface area contributed by atoms with Crippen molar-refractivity contribution in [1.82, 2.24) is 14.3 Å². The Kier molecular flexibility index (Phi) is 5.61. The summed E-state index contributed by atoms with van der Waals surface area (Å²) in [6.07, 6.45) is 2.57. The second-order valence-electron chi connectivity index (χ2n) is 6.79. The topological polar surface area (TPSA) is 140 Å². The summed E-state index contributed by atoms with van der Waals surface area (Å²) in [5, 5.41) is 2.59. The van der Waals surface area contributed by atoms with Crippen molar-refractivity contribution in [2.75, 3.05) is 24.7 Å². The molecule has 1 amide bonds. The number of guanidine groups is 1. The number of sulfonamides is 1. The predicted molar refractivity (Wildman–Crippen MR) is 108 cm³/mol. The van der Waals surface area contributed by atoms with Gasteiger partial charge in [-0.05, 0) is 32.0 Å². The Morgan fingerprint density at radius 2 is 2.10 bits per heavy atom. The number of hydrogen-bond donors (Lipinski definition) is 2. The molecule has 1 aromatic carbocycles. The van der Waals surface area contributed by atoms with Gasteiger partial charge in [-0.3, -0.25) is 4.79 Å². The van der Waals surface area contributed by atoms with E-state index in [4.69, 9.17) is 10.5 Å². The third kappa shape index (κ3) is 4.17. The number of benzene rings is 1. The molecule has 0 unspecified atom stereocenters. The summed E-state index contributed by atoms with van der Waals surface area (Å²) in [6.45, 7) is 3.67. The quantitative estimate of drug-likeness (QED) is 0.714. The van der Waals surface area contributed by atoms with Crippen molar-refractivity contribution in [2.24, 2.45) is 10.7 Å². The summed E-state index contributed by atoms with van der Waals surface area (Å²) in [4.78, 5) is 24.6. The lowest BCUT2D eigenvalue weighted by Gasteiger charge is -2.34. The van der Waals surface area contributed by atoms with Gasteiger partial charge in [-0.1, -0.05) is 0 Å². The molecule has 30 heavy (non-hydrogen) atoms. The van der Waals surface area contributed by atoms with Crippen LogP contribution in [0.1, 0.15) is 29.9 Å². The lowest BCUT2D eigenvalue weighted by Crippen LogP contribution is -2.50. The van der Waals surface area contributed by atoms with E-state index in [-0.39, 0.29) is 28.8 Å². The van der Waals surface area contributed by atoms with Crippen LogP contribution < -0.4 is 15.8 Å². The number of carbonyl (C=O) groups excluding carboxylic acids is 1. The number of nitrogens with zero attached hydrogens (tertiary/aromatic N) is 4. The zero-order chi connectivity index (χ0) is 22.1. The number of halogens is 1. The second kappa shape index (κ2) is 7.86. The SMILES string of the molecule is CCOc1cnc(C(=O)Nc2ccc(F)c([C@]3(C)CS(=O)(=O)N(C)C(N)=N3)c2)cn1. The largest absolute Gasteiger partial charge is 0.477 e. The lowest BCUT2D eigenvalue weighted by atomic mass is 9.93.